The molecule has 0 unspecified atom stereocenters. The molecule has 0 saturated carbocycles. The first-order valence-electron chi connectivity index (χ1n) is 4.44. The van der Waals surface area contributed by atoms with Crippen LogP contribution in [0.1, 0.15) is 4.88 Å². The largest absolute Gasteiger partial charge is 0.364 e. The van der Waals surface area contributed by atoms with Crippen LogP contribution in [0.25, 0.3) is 0 Å². The summed E-state index contributed by atoms with van der Waals surface area (Å²) in [6.07, 6.45) is 0. The van der Waals surface area contributed by atoms with Gasteiger partial charge >= 0.3 is 0 Å². The molecule has 0 amide bonds. The van der Waals surface area contributed by atoms with Crippen molar-refractivity contribution in [3.8, 4) is 0 Å². The molecule has 2 nitrogen and oxygen atoms in total. The Balaban J connectivity index is 2.12. The fourth-order valence-electron chi connectivity index (χ4n) is 1.15. The van der Waals surface area contributed by atoms with Gasteiger partial charge in [-0.2, -0.15) is 0 Å². The molecule has 2 aromatic heterocycles. The van der Waals surface area contributed by atoms with Crippen molar-refractivity contribution in [1.82, 2.24) is 4.98 Å². The van der Waals surface area contributed by atoms with Gasteiger partial charge in [-0.25, -0.2) is 4.98 Å². The van der Waals surface area contributed by atoms with Gasteiger partial charge in [-0.1, -0.05) is 40.9 Å². The van der Waals surface area contributed by atoms with Gasteiger partial charge in [0.05, 0.1) is 16.6 Å². The molecule has 2 aromatic rings. The third kappa shape index (κ3) is 2.80. The highest BCUT2D eigenvalue weighted by Crippen LogP contribution is 2.29. The molecule has 0 aliphatic heterocycles. The van der Waals surface area contributed by atoms with E-state index in [9.17, 15) is 0 Å². The highest BCUT2D eigenvalue weighted by atomic mass is 35.5. The minimum absolute atomic E-state index is 0.250. The van der Waals surface area contributed by atoms with Gasteiger partial charge < -0.3 is 5.32 Å². The van der Waals surface area contributed by atoms with Gasteiger partial charge in [0, 0.05) is 4.88 Å². The van der Waals surface area contributed by atoms with E-state index in [0.29, 0.717) is 22.4 Å². The van der Waals surface area contributed by atoms with Crippen LogP contribution in [0.5, 0.6) is 0 Å². The number of nitrogens with zero attached hydrogens (tertiary/aromatic N) is 1. The van der Waals surface area contributed by atoms with E-state index in [-0.39, 0.29) is 5.15 Å². The Morgan fingerprint density at radius 1 is 1.25 bits per heavy atom. The number of hydrogen-bond donors (Lipinski definition) is 1. The van der Waals surface area contributed by atoms with Gasteiger partial charge in [-0.15, -0.1) is 11.3 Å². The molecule has 0 bridgehead atoms. The van der Waals surface area contributed by atoms with Crippen LogP contribution in [0.4, 0.5) is 5.82 Å². The van der Waals surface area contributed by atoms with Crippen molar-refractivity contribution in [2.45, 2.75) is 6.54 Å². The van der Waals surface area contributed by atoms with E-state index in [2.05, 4.69) is 10.3 Å². The molecule has 2 rings (SSSR count). The Bertz CT molecular complexity index is 485. The molecule has 0 aromatic carbocycles. The lowest BCUT2D eigenvalue weighted by Gasteiger charge is -2.07. The lowest BCUT2D eigenvalue weighted by molar-refractivity contribution is 1.14. The lowest BCUT2D eigenvalue weighted by Crippen LogP contribution is -2.00. The summed E-state index contributed by atoms with van der Waals surface area (Å²) in [5.41, 5.74) is 0. The Labute approximate surface area is 112 Å². The molecule has 1 N–H and O–H groups in total. The molecule has 0 atom stereocenters. The number of hydrogen-bond acceptors (Lipinski definition) is 3. The highest BCUT2D eigenvalue weighted by molar-refractivity contribution is 7.09. The summed E-state index contributed by atoms with van der Waals surface area (Å²) >= 11 is 19.2. The summed E-state index contributed by atoms with van der Waals surface area (Å²) in [5.74, 6) is 0.546. The molecule has 0 radical (unpaired) electrons. The van der Waals surface area contributed by atoms with Crippen LogP contribution in [0.3, 0.4) is 0 Å². The van der Waals surface area contributed by atoms with Crippen molar-refractivity contribution in [1.29, 1.82) is 0 Å². The molecule has 6 heteroatoms. The number of halogens is 3. The molecular weight excluding hydrogens is 287 g/mol. The Morgan fingerprint density at radius 2 is 2.06 bits per heavy atom. The van der Waals surface area contributed by atoms with Gasteiger partial charge in [0.2, 0.25) is 0 Å². The first-order valence-corrected chi connectivity index (χ1v) is 6.46. The van der Waals surface area contributed by atoms with Crippen LogP contribution in [-0.2, 0) is 6.54 Å². The van der Waals surface area contributed by atoms with E-state index in [0.717, 1.165) is 0 Å². The van der Waals surface area contributed by atoms with Crippen LogP contribution in [-0.4, -0.2) is 4.98 Å². The molecule has 84 valence electrons. The molecule has 0 aliphatic rings. The normalized spacial score (nSPS) is 10.4. The van der Waals surface area contributed by atoms with Crippen LogP contribution in [0, 0.1) is 0 Å². The topological polar surface area (TPSA) is 24.9 Å². The molecule has 0 aliphatic carbocycles. The van der Waals surface area contributed by atoms with Crippen molar-refractivity contribution in [3.05, 3.63) is 43.7 Å². The second-order valence-electron chi connectivity index (χ2n) is 3.02. The van der Waals surface area contributed by atoms with Gasteiger partial charge in [-0.05, 0) is 17.5 Å². The van der Waals surface area contributed by atoms with Crippen molar-refractivity contribution < 1.29 is 0 Å². The molecule has 0 fully saturated rings. The van der Waals surface area contributed by atoms with E-state index >= 15 is 0 Å². The first-order chi connectivity index (χ1) is 7.66. The highest BCUT2D eigenvalue weighted by Gasteiger charge is 2.07. The van der Waals surface area contributed by atoms with Gasteiger partial charge in [0.15, 0.2) is 0 Å². The summed E-state index contributed by atoms with van der Waals surface area (Å²) < 4.78 is 0. The number of anilines is 1. The molecule has 16 heavy (non-hydrogen) atoms. The monoisotopic (exact) mass is 292 g/mol. The summed E-state index contributed by atoms with van der Waals surface area (Å²) in [4.78, 5) is 5.26. The van der Waals surface area contributed by atoms with Crippen LogP contribution < -0.4 is 5.32 Å². The van der Waals surface area contributed by atoms with Crippen LogP contribution in [0.15, 0.2) is 23.6 Å². The summed E-state index contributed by atoms with van der Waals surface area (Å²) in [6, 6.07) is 5.60. The summed E-state index contributed by atoms with van der Waals surface area (Å²) in [5, 5.41) is 6.19. The van der Waals surface area contributed by atoms with Crippen LogP contribution >= 0.6 is 46.1 Å². The number of aromatic nitrogens is 1. The Morgan fingerprint density at radius 3 is 2.75 bits per heavy atom. The molecule has 0 spiro atoms. The number of rotatable bonds is 3. The van der Waals surface area contributed by atoms with E-state index in [4.69, 9.17) is 34.8 Å². The van der Waals surface area contributed by atoms with Crippen molar-refractivity contribution >= 4 is 52.0 Å². The van der Waals surface area contributed by atoms with Gasteiger partial charge in [0.25, 0.3) is 0 Å². The number of thiophene rings is 1. The second kappa shape index (κ2) is 5.23. The zero-order valence-corrected chi connectivity index (χ0v) is 11.1. The second-order valence-corrected chi connectivity index (χ2v) is 5.23. The van der Waals surface area contributed by atoms with Gasteiger partial charge in [0.1, 0.15) is 11.0 Å². The number of nitrogens with one attached hydrogen (secondary N) is 1. The van der Waals surface area contributed by atoms with E-state index < -0.39 is 0 Å². The van der Waals surface area contributed by atoms with E-state index in [1.54, 1.807) is 17.4 Å². The SMILES string of the molecule is Clc1cc(Cl)c(NCc2cccs2)nc1Cl. The fraction of sp³-hybridized carbons (Fsp3) is 0.100. The van der Waals surface area contributed by atoms with E-state index in [1.807, 2.05) is 17.5 Å². The Hall–Kier alpha value is -0.480. The zero-order valence-electron chi connectivity index (χ0n) is 8.01. The predicted octanol–water partition coefficient (Wildman–Crippen LogP) is 4.72. The van der Waals surface area contributed by atoms with Crippen molar-refractivity contribution in [2.24, 2.45) is 0 Å². The number of pyridine rings is 1. The average Bonchev–Trinajstić information content (AvgIpc) is 2.74. The minimum atomic E-state index is 0.250. The third-order valence-corrected chi connectivity index (χ3v) is 3.73. The standard InChI is InChI=1S/C10H7Cl3N2S/c11-7-4-8(12)10(15-9(7)13)14-5-6-2-1-3-16-6/h1-4H,5H2,(H,14,15). The zero-order chi connectivity index (χ0) is 11.5. The third-order valence-electron chi connectivity index (χ3n) is 1.90. The quantitative estimate of drug-likeness (QED) is 0.829. The average molecular weight is 294 g/mol. The molecule has 0 saturated heterocycles. The fourth-order valence-corrected chi connectivity index (χ4v) is 2.36. The minimum Gasteiger partial charge on any atom is -0.364 e. The summed E-state index contributed by atoms with van der Waals surface area (Å²) in [6.45, 7) is 0.669. The van der Waals surface area contributed by atoms with Crippen molar-refractivity contribution in [2.75, 3.05) is 5.32 Å². The molecular formula is C10H7Cl3N2S. The lowest BCUT2D eigenvalue weighted by atomic mass is 10.4. The molecule has 2 heterocycles. The maximum Gasteiger partial charge on any atom is 0.150 e. The summed E-state index contributed by atoms with van der Waals surface area (Å²) in [7, 11) is 0. The maximum atomic E-state index is 5.98. The predicted molar refractivity (Wildman–Crippen MR) is 70.9 cm³/mol. The van der Waals surface area contributed by atoms with E-state index in [1.165, 1.54) is 4.88 Å². The van der Waals surface area contributed by atoms with Crippen molar-refractivity contribution in [3.63, 3.8) is 0 Å². The van der Waals surface area contributed by atoms with Gasteiger partial charge in [-0.3, -0.25) is 0 Å². The smallest absolute Gasteiger partial charge is 0.150 e. The van der Waals surface area contributed by atoms with Crippen LogP contribution in [0.2, 0.25) is 15.2 Å². The first kappa shape index (κ1) is 12.0. The maximum absolute atomic E-state index is 5.98. The Kier molecular flexibility index (Phi) is 3.92.